The third-order valence-electron chi connectivity index (χ3n) is 6.75. The molecular formula is C25H28N4O3. The van der Waals surface area contributed by atoms with Crippen molar-refractivity contribution in [2.45, 2.75) is 37.8 Å². The van der Waals surface area contributed by atoms with Crippen molar-refractivity contribution in [2.75, 3.05) is 19.6 Å². The van der Waals surface area contributed by atoms with Crippen LogP contribution in [0, 0.1) is 0 Å². The summed E-state index contributed by atoms with van der Waals surface area (Å²) in [4.78, 5) is 33.8. The highest BCUT2D eigenvalue weighted by atomic mass is 16.3. The van der Waals surface area contributed by atoms with E-state index in [-0.39, 0.29) is 11.8 Å². The molecule has 32 heavy (non-hydrogen) atoms. The summed E-state index contributed by atoms with van der Waals surface area (Å²) in [6, 6.07) is 13.8. The highest BCUT2D eigenvalue weighted by Gasteiger charge is 2.52. The standard InChI is InChI=1S/C25H28N4O3/c1-24(2)15-28(23(31)25(32)10-11-25)12-13-29(24)22(30)18-6-4-17(5-7-18)19-8-9-21-20(14-19)26-16-27(21)3/h4-9,14,16,32H,10-13,15H2,1-3H3. The van der Waals surface area contributed by atoms with E-state index in [1.807, 2.05) is 54.6 Å². The predicted octanol–water partition coefficient (Wildman–Crippen LogP) is 2.83. The van der Waals surface area contributed by atoms with Gasteiger partial charge in [0.25, 0.3) is 11.8 Å². The number of aromatic nitrogens is 2. The van der Waals surface area contributed by atoms with Crippen molar-refractivity contribution in [2.24, 2.45) is 7.05 Å². The van der Waals surface area contributed by atoms with Crippen LogP contribution in [-0.2, 0) is 11.8 Å². The van der Waals surface area contributed by atoms with Gasteiger partial charge in [0, 0.05) is 32.2 Å². The van der Waals surface area contributed by atoms with Gasteiger partial charge in [-0.2, -0.15) is 0 Å². The summed E-state index contributed by atoms with van der Waals surface area (Å²) >= 11 is 0. The number of carbonyl (C=O) groups is 2. The molecule has 1 saturated heterocycles. The van der Waals surface area contributed by atoms with Gasteiger partial charge in [0.1, 0.15) is 5.60 Å². The Kier molecular flexibility index (Phi) is 4.64. The third kappa shape index (κ3) is 3.46. The van der Waals surface area contributed by atoms with Gasteiger partial charge in [-0.15, -0.1) is 0 Å². The lowest BCUT2D eigenvalue weighted by Crippen LogP contribution is -2.63. The fraction of sp³-hybridized carbons (Fsp3) is 0.400. The number of aryl methyl sites for hydroxylation is 1. The Morgan fingerprint density at radius 2 is 1.69 bits per heavy atom. The molecule has 2 aliphatic rings. The van der Waals surface area contributed by atoms with Crippen LogP contribution in [0.4, 0.5) is 0 Å². The minimum atomic E-state index is -1.17. The average molecular weight is 433 g/mol. The summed E-state index contributed by atoms with van der Waals surface area (Å²) < 4.78 is 1.99. The lowest BCUT2D eigenvalue weighted by molar-refractivity contribution is -0.146. The molecule has 1 N–H and O–H groups in total. The Hall–Kier alpha value is -3.19. The second-order valence-corrected chi connectivity index (χ2v) is 9.66. The SMILES string of the molecule is Cn1cnc2cc(-c3ccc(C(=O)N4CCN(C(=O)C5(O)CC5)CC4(C)C)cc3)ccc21. The highest BCUT2D eigenvalue weighted by molar-refractivity contribution is 5.96. The molecule has 2 aromatic carbocycles. The fourth-order valence-electron chi connectivity index (χ4n) is 4.61. The molecule has 3 aromatic rings. The van der Waals surface area contributed by atoms with Crippen molar-refractivity contribution in [1.29, 1.82) is 0 Å². The maximum Gasteiger partial charge on any atom is 0.254 e. The molecular weight excluding hydrogens is 404 g/mol. The lowest BCUT2D eigenvalue weighted by atomic mass is 9.96. The van der Waals surface area contributed by atoms with Crippen molar-refractivity contribution >= 4 is 22.8 Å². The molecule has 1 aliphatic carbocycles. The number of carbonyl (C=O) groups excluding carboxylic acids is 2. The number of aliphatic hydroxyl groups is 1. The minimum absolute atomic E-state index is 0.0426. The third-order valence-corrected chi connectivity index (χ3v) is 6.75. The minimum Gasteiger partial charge on any atom is -0.380 e. The van der Waals surface area contributed by atoms with Gasteiger partial charge in [0.05, 0.1) is 22.9 Å². The molecule has 2 amide bonds. The van der Waals surface area contributed by atoms with Crippen molar-refractivity contribution in [3.63, 3.8) is 0 Å². The maximum absolute atomic E-state index is 13.3. The normalized spacial score (nSPS) is 19.2. The number of piperazine rings is 1. The summed E-state index contributed by atoms with van der Waals surface area (Å²) in [5.74, 6) is -0.245. The molecule has 0 unspecified atom stereocenters. The van der Waals surface area contributed by atoms with Crippen molar-refractivity contribution < 1.29 is 14.7 Å². The molecule has 1 saturated carbocycles. The van der Waals surface area contributed by atoms with Gasteiger partial charge in [-0.1, -0.05) is 18.2 Å². The van der Waals surface area contributed by atoms with Crippen LogP contribution >= 0.6 is 0 Å². The van der Waals surface area contributed by atoms with E-state index >= 15 is 0 Å². The molecule has 1 aliphatic heterocycles. The average Bonchev–Trinajstić information content (AvgIpc) is 3.43. The predicted molar refractivity (Wildman–Crippen MR) is 122 cm³/mol. The summed E-state index contributed by atoms with van der Waals surface area (Å²) in [5.41, 5.74) is 3.04. The van der Waals surface area contributed by atoms with Crippen molar-refractivity contribution in [1.82, 2.24) is 19.4 Å². The molecule has 7 heteroatoms. The van der Waals surface area contributed by atoms with Gasteiger partial charge in [-0.3, -0.25) is 9.59 Å². The van der Waals surface area contributed by atoms with E-state index in [2.05, 4.69) is 23.2 Å². The first-order valence-electron chi connectivity index (χ1n) is 11.0. The van der Waals surface area contributed by atoms with Crippen LogP contribution in [0.15, 0.2) is 48.8 Å². The van der Waals surface area contributed by atoms with E-state index in [9.17, 15) is 14.7 Å². The van der Waals surface area contributed by atoms with Crippen LogP contribution in [0.3, 0.4) is 0 Å². The number of amides is 2. The monoisotopic (exact) mass is 432 g/mol. The Morgan fingerprint density at radius 1 is 1.00 bits per heavy atom. The van der Waals surface area contributed by atoms with E-state index in [4.69, 9.17) is 0 Å². The zero-order valence-corrected chi connectivity index (χ0v) is 18.7. The van der Waals surface area contributed by atoms with Gasteiger partial charge in [-0.25, -0.2) is 4.98 Å². The van der Waals surface area contributed by atoms with Crippen LogP contribution in [0.2, 0.25) is 0 Å². The first kappa shape index (κ1) is 20.7. The van der Waals surface area contributed by atoms with E-state index < -0.39 is 11.1 Å². The molecule has 0 radical (unpaired) electrons. The first-order valence-corrected chi connectivity index (χ1v) is 11.0. The number of hydrogen-bond acceptors (Lipinski definition) is 4. The largest absolute Gasteiger partial charge is 0.380 e. The van der Waals surface area contributed by atoms with Gasteiger partial charge in [-0.05, 0) is 62.1 Å². The fourth-order valence-corrected chi connectivity index (χ4v) is 4.61. The zero-order chi connectivity index (χ0) is 22.7. The van der Waals surface area contributed by atoms with Crippen LogP contribution in [0.5, 0.6) is 0 Å². The number of benzene rings is 2. The number of rotatable bonds is 3. The summed E-state index contributed by atoms with van der Waals surface area (Å²) in [5, 5.41) is 10.2. The molecule has 5 rings (SSSR count). The van der Waals surface area contributed by atoms with Gasteiger partial charge in [0.2, 0.25) is 0 Å². The number of imidazole rings is 1. The first-order chi connectivity index (χ1) is 15.2. The van der Waals surface area contributed by atoms with E-state index in [1.54, 1.807) is 11.2 Å². The van der Waals surface area contributed by atoms with Crippen LogP contribution in [0.1, 0.15) is 37.0 Å². The summed E-state index contributed by atoms with van der Waals surface area (Å²) in [7, 11) is 1.97. The van der Waals surface area contributed by atoms with E-state index in [1.165, 1.54) is 0 Å². The van der Waals surface area contributed by atoms with Crippen LogP contribution in [-0.4, -0.2) is 67.0 Å². The van der Waals surface area contributed by atoms with Crippen molar-refractivity contribution in [3.05, 3.63) is 54.4 Å². The second kappa shape index (κ2) is 7.17. The van der Waals surface area contributed by atoms with Gasteiger partial charge >= 0.3 is 0 Å². The molecule has 2 heterocycles. The lowest BCUT2D eigenvalue weighted by Gasteiger charge is -2.47. The number of nitrogens with zero attached hydrogens (tertiary/aromatic N) is 4. The quantitative estimate of drug-likeness (QED) is 0.690. The molecule has 0 bridgehead atoms. The smallest absolute Gasteiger partial charge is 0.254 e. The maximum atomic E-state index is 13.3. The highest BCUT2D eigenvalue weighted by Crippen LogP contribution is 2.38. The Morgan fingerprint density at radius 3 is 2.34 bits per heavy atom. The van der Waals surface area contributed by atoms with Gasteiger partial charge < -0.3 is 19.5 Å². The Balaban J connectivity index is 1.32. The van der Waals surface area contributed by atoms with Crippen molar-refractivity contribution in [3.8, 4) is 11.1 Å². The molecule has 2 fully saturated rings. The van der Waals surface area contributed by atoms with Crippen LogP contribution in [0.25, 0.3) is 22.2 Å². The molecule has 1 aromatic heterocycles. The van der Waals surface area contributed by atoms with E-state index in [0.717, 1.165) is 22.2 Å². The topological polar surface area (TPSA) is 78.7 Å². The number of fused-ring (bicyclic) bond motifs is 1. The molecule has 7 nitrogen and oxygen atoms in total. The Bertz CT molecular complexity index is 1210. The van der Waals surface area contributed by atoms with Gasteiger partial charge in [0.15, 0.2) is 0 Å². The van der Waals surface area contributed by atoms with Crippen LogP contribution < -0.4 is 0 Å². The Labute approximate surface area is 187 Å². The molecule has 166 valence electrons. The summed E-state index contributed by atoms with van der Waals surface area (Å²) in [6.07, 6.45) is 2.87. The molecule has 0 atom stereocenters. The second-order valence-electron chi connectivity index (χ2n) is 9.66. The summed E-state index contributed by atoms with van der Waals surface area (Å²) in [6.45, 7) is 5.25. The van der Waals surface area contributed by atoms with E-state index in [0.29, 0.717) is 38.0 Å². The zero-order valence-electron chi connectivity index (χ0n) is 18.7. The molecule has 0 spiro atoms. The number of hydrogen-bond donors (Lipinski definition) is 1.